The van der Waals surface area contributed by atoms with Gasteiger partial charge in [-0.05, 0) is 54.0 Å². The van der Waals surface area contributed by atoms with Crippen molar-refractivity contribution < 1.29 is 4.79 Å². The van der Waals surface area contributed by atoms with Gasteiger partial charge >= 0.3 is 0 Å². The number of carbonyl (C=O) groups excluding carboxylic acids is 1. The van der Waals surface area contributed by atoms with Gasteiger partial charge in [0.2, 0.25) is 0 Å². The number of nitrogens with one attached hydrogen (secondary N) is 2. The van der Waals surface area contributed by atoms with Crippen molar-refractivity contribution in [3.8, 4) is 0 Å². The van der Waals surface area contributed by atoms with Crippen molar-refractivity contribution in [3.05, 3.63) is 60.2 Å². The molecule has 0 bridgehead atoms. The van der Waals surface area contributed by atoms with E-state index in [2.05, 4.69) is 26.0 Å². The summed E-state index contributed by atoms with van der Waals surface area (Å²) in [6.45, 7) is 1.53. The Morgan fingerprint density at radius 2 is 1.96 bits per heavy atom. The molecule has 0 saturated carbocycles. The van der Waals surface area contributed by atoms with Crippen LogP contribution in [0.2, 0.25) is 0 Å². The van der Waals surface area contributed by atoms with Crippen molar-refractivity contribution in [1.29, 1.82) is 0 Å². The van der Waals surface area contributed by atoms with Crippen molar-refractivity contribution in [2.75, 3.05) is 13.1 Å². The van der Waals surface area contributed by atoms with Gasteiger partial charge in [-0.2, -0.15) is 0 Å². The van der Waals surface area contributed by atoms with Crippen molar-refractivity contribution >= 4 is 28.0 Å². The molecule has 2 N–H and O–H groups in total. The number of rotatable bonds is 2. The van der Waals surface area contributed by atoms with Crippen molar-refractivity contribution in [3.63, 3.8) is 0 Å². The van der Waals surface area contributed by atoms with E-state index in [0.29, 0.717) is 5.92 Å². The Balaban J connectivity index is 1.33. The summed E-state index contributed by atoms with van der Waals surface area (Å²) in [6.07, 6.45) is 7.31. The molecule has 0 aliphatic carbocycles. The number of imidazole rings is 1. The third-order valence-corrected chi connectivity index (χ3v) is 5.37. The van der Waals surface area contributed by atoms with E-state index in [1.807, 2.05) is 41.6 Å². The van der Waals surface area contributed by atoms with Gasteiger partial charge in [0, 0.05) is 36.6 Å². The average Bonchev–Trinajstić information content (AvgIpc) is 3.35. The fourth-order valence-electron chi connectivity index (χ4n) is 3.95. The molecule has 4 heterocycles. The summed E-state index contributed by atoms with van der Waals surface area (Å²) in [5, 5.41) is 1.13. The number of H-pyrrole nitrogens is 2. The lowest BCUT2D eigenvalue weighted by Gasteiger charge is -2.32. The molecule has 6 nitrogen and oxygen atoms in total. The second-order valence-electron chi connectivity index (χ2n) is 6.85. The lowest BCUT2D eigenvalue weighted by Crippen LogP contribution is -2.38. The summed E-state index contributed by atoms with van der Waals surface area (Å²) < 4.78 is 0. The van der Waals surface area contributed by atoms with Crippen LogP contribution in [0.5, 0.6) is 0 Å². The summed E-state index contributed by atoms with van der Waals surface area (Å²) in [5.41, 5.74) is 4.77. The molecule has 1 saturated heterocycles. The van der Waals surface area contributed by atoms with Gasteiger partial charge in [-0.15, -0.1) is 0 Å². The monoisotopic (exact) mass is 345 g/mol. The average molecular weight is 345 g/mol. The fraction of sp³-hybridized carbons (Fsp3) is 0.250. The van der Waals surface area contributed by atoms with E-state index in [1.165, 1.54) is 5.56 Å². The normalized spacial score (nSPS) is 15.8. The zero-order chi connectivity index (χ0) is 17.5. The minimum absolute atomic E-state index is 0.111. The lowest BCUT2D eigenvalue weighted by molar-refractivity contribution is 0.0713. The topological polar surface area (TPSA) is 77.7 Å². The van der Waals surface area contributed by atoms with E-state index in [9.17, 15) is 4.79 Å². The zero-order valence-corrected chi connectivity index (χ0v) is 14.3. The summed E-state index contributed by atoms with van der Waals surface area (Å²) in [6, 6.07) is 9.93. The van der Waals surface area contributed by atoms with Crippen LogP contribution >= 0.6 is 0 Å². The highest BCUT2D eigenvalue weighted by molar-refractivity contribution is 5.98. The zero-order valence-electron chi connectivity index (χ0n) is 14.3. The lowest BCUT2D eigenvalue weighted by atomic mass is 9.89. The SMILES string of the molecule is O=C(c1ccc2cc[nH]c2c1)N1CCC(c2ccnc3[nH]cnc23)CC1. The first kappa shape index (κ1) is 15.1. The van der Waals surface area contributed by atoms with E-state index in [-0.39, 0.29) is 5.91 Å². The number of piperidine rings is 1. The van der Waals surface area contributed by atoms with E-state index in [1.54, 1.807) is 6.33 Å². The molecule has 1 fully saturated rings. The highest BCUT2D eigenvalue weighted by atomic mass is 16.2. The third kappa shape index (κ3) is 2.45. The summed E-state index contributed by atoms with van der Waals surface area (Å²) >= 11 is 0. The number of hydrogen-bond acceptors (Lipinski definition) is 3. The Bertz CT molecular complexity index is 1090. The Labute approximate surface area is 150 Å². The Kier molecular flexibility index (Phi) is 3.48. The van der Waals surface area contributed by atoms with Crippen molar-refractivity contribution in [1.82, 2.24) is 24.8 Å². The van der Waals surface area contributed by atoms with Crippen LogP contribution in [0.25, 0.3) is 22.1 Å². The van der Waals surface area contributed by atoms with Crippen molar-refractivity contribution in [2.45, 2.75) is 18.8 Å². The number of fused-ring (bicyclic) bond motifs is 2. The van der Waals surface area contributed by atoms with Gasteiger partial charge in [0.25, 0.3) is 5.91 Å². The van der Waals surface area contributed by atoms with Crippen LogP contribution in [-0.2, 0) is 0 Å². The summed E-state index contributed by atoms with van der Waals surface area (Å²) in [7, 11) is 0. The van der Waals surface area contributed by atoms with Gasteiger partial charge in [0.1, 0.15) is 5.52 Å². The smallest absolute Gasteiger partial charge is 0.253 e. The molecule has 0 unspecified atom stereocenters. The molecule has 1 amide bonds. The first-order chi connectivity index (χ1) is 12.8. The van der Waals surface area contributed by atoms with E-state index < -0.39 is 0 Å². The van der Waals surface area contributed by atoms with Crippen LogP contribution in [0.15, 0.2) is 49.1 Å². The minimum Gasteiger partial charge on any atom is -0.361 e. The Morgan fingerprint density at radius 1 is 1.08 bits per heavy atom. The molecule has 1 aromatic carbocycles. The van der Waals surface area contributed by atoms with Gasteiger partial charge in [0.15, 0.2) is 5.65 Å². The van der Waals surface area contributed by atoms with Gasteiger partial charge in [-0.25, -0.2) is 9.97 Å². The van der Waals surface area contributed by atoms with E-state index >= 15 is 0 Å². The molecule has 0 radical (unpaired) electrons. The number of benzene rings is 1. The van der Waals surface area contributed by atoms with Crippen LogP contribution in [-0.4, -0.2) is 43.8 Å². The van der Waals surface area contributed by atoms with Crippen LogP contribution in [0.1, 0.15) is 34.7 Å². The number of hydrogen-bond donors (Lipinski definition) is 2. The molecule has 0 atom stereocenters. The van der Waals surface area contributed by atoms with Gasteiger partial charge in [0.05, 0.1) is 6.33 Å². The third-order valence-electron chi connectivity index (χ3n) is 5.37. The molecular weight excluding hydrogens is 326 g/mol. The van der Waals surface area contributed by atoms with Crippen molar-refractivity contribution in [2.24, 2.45) is 0 Å². The maximum Gasteiger partial charge on any atom is 0.253 e. The van der Waals surface area contributed by atoms with E-state index in [0.717, 1.165) is 53.6 Å². The maximum absolute atomic E-state index is 12.9. The number of carbonyl (C=O) groups is 1. The predicted molar refractivity (Wildman–Crippen MR) is 100 cm³/mol. The second kappa shape index (κ2) is 5.98. The highest BCUT2D eigenvalue weighted by Crippen LogP contribution is 2.31. The molecule has 6 heteroatoms. The highest BCUT2D eigenvalue weighted by Gasteiger charge is 2.26. The summed E-state index contributed by atoms with van der Waals surface area (Å²) in [4.78, 5) is 29.8. The first-order valence-corrected chi connectivity index (χ1v) is 8.94. The molecule has 1 aliphatic rings. The molecule has 130 valence electrons. The van der Waals surface area contributed by atoms with Crippen LogP contribution in [0.3, 0.4) is 0 Å². The van der Waals surface area contributed by atoms with Crippen LogP contribution < -0.4 is 0 Å². The molecule has 5 rings (SSSR count). The Hall–Kier alpha value is -3.15. The van der Waals surface area contributed by atoms with Gasteiger partial charge in [-0.3, -0.25) is 4.79 Å². The Morgan fingerprint density at radius 3 is 2.85 bits per heavy atom. The molecule has 4 aromatic rings. The van der Waals surface area contributed by atoms with E-state index in [4.69, 9.17) is 0 Å². The van der Waals surface area contributed by atoms with Gasteiger partial charge in [-0.1, -0.05) is 6.07 Å². The predicted octanol–water partition coefficient (Wildman–Crippen LogP) is 3.46. The second-order valence-corrected chi connectivity index (χ2v) is 6.85. The number of aromatic nitrogens is 4. The number of aromatic amines is 2. The molecule has 3 aromatic heterocycles. The quantitative estimate of drug-likeness (QED) is 0.584. The number of nitrogens with zero attached hydrogens (tertiary/aromatic N) is 3. The fourth-order valence-corrected chi connectivity index (χ4v) is 3.95. The largest absolute Gasteiger partial charge is 0.361 e. The minimum atomic E-state index is 0.111. The molecule has 26 heavy (non-hydrogen) atoms. The molecule has 0 spiro atoms. The standard InChI is InChI=1S/C20H19N5O/c26-20(15-2-1-14-3-7-21-17(14)11-15)25-9-5-13(6-10-25)16-4-8-22-19-18(16)23-12-24-19/h1-4,7-8,11-13,21H,5-6,9-10H2,(H,22,23,24). The summed E-state index contributed by atoms with van der Waals surface area (Å²) in [5.74, 6) is 0.526. The maximum atomic E-state index is 12.9. The van der Waals surface area contributed by atoms with Gasteiger partial charge < -0.3 is 14.9 Å². The number of amides is 1. The first-order valence-electron chi connectivity index (χ1n) is 8.94. The molecule has 1 aliphatic heterocycles. The number of pyridine rings is 1. The van der Waals surface area contributed by atoms with Crippen LogP contribution in [0.4, 0.5) is 0 Å². The van der Waals surface area contributed by atoms with Crippen LogP contribution in [0, 0.1) is 0 Å². The molecular formula is C20H19N5O. The number of likely N-dealkylation sites (tertiary alicyclic amines) is 1.